The van der Waals surface area contributed by atoms with Gasteiger partial charge in [-0.2, -0.15) is 4.68 Å². The number of nitro groups is 1. The van der Waals surface area contributed by atoms with Crippen LogP contribution >= 0.6 is 0 Å². The van der Waals surface area contributed by atoms with E-state index in [1.807, 2.05) is 20.8 Å². The van der Waals surface area contributed by atoms with Gasteiger partial charge in [-0.3, -0.25) is 10.1 Å². The van der Waals surface area contributed by atoms with Crippen LogP contribution in [-0.2, 0) is 0 Å². The lowest BCUT2D eigenvalue weighted by Gasteiger charge is -2.22. The van der Waals surface area contributed by atoms with E-state index >= 15 is 0 Å². The Kier molecular flexibility index (Phi) is 5.42. The zero-order chi connectivity index (χ0) is 17.7. The van der Waals surface area contributed by atoms with Crippen molar-refractivity contribution in [2.45, 2.75) is 32.4 Å². The lowest BCUT2D eigenvalue weighted by molar-refractivity contribution is -0.384. The summed E-state index contributed by atoms with van der Waals surface area (Å²) in [7, 11) is 0. The Bertz CT molecular complexity index is 679. The average molecular weight is 336 g/mol. The third-order valence-corrected chi connectivity index (χ3v) is 3.02. The monoisotopic (exact) mass is 336 g/mol. The number of hydrogen-bond acceptors (Lipinski definition) is 8. The van der Waals surface area contributed by atoms with E-state index in [0.717, 1.165) is 0 Å². The molecule has 2 N–H and O–H groups in total. The van der Waals surface area contributed by atoms with Crippen LogP contribution in [0.15, 0.2) is 24.3 Å². The van der Waals surface area contributed by atoms with Crippen molar-refractivity contribution in [1.29, 1.82) is 0 Å². The summed E-state index contributed by atoms with van der Waals surface area (Å²) in [5, 5.41) is 34.8. The zero-order valence-electron chi connectivity index (χ0n) is 13.7. The minimum Gasteiger partial charge on any atom is -0.459 e. The van der Waals surface area contributed by atoms with E-state index in [1.165, 1.54) is 28.9 Å². The summed E-state index contributed by atoms with van der Waals surface area (Å²) in [4.78, 5) is 10.2. The third-order valence-electron chi connectivity index (χ3n) is 3.02. The van der Waals surface area contributed by atoms with Crippen LogP contribution in [-0.4, -0.2) is 55.0 Å². The maximum atomic E-state index is 10.7. The minimum atomic E-state index is -0.730. The zero-order valence-corrected chi connectivity index (χ0v) is 13.7. The number of β-amino-alcohol motifs (C(OH)–C–C–N with tert-alkyl or cyclic N) is 1. The number of aromatic nitrogens is 4. The average Bonchev–Trinajstić information content (AvgIpc) is 2.98. The highest BCUT2D eigenvalue weighted by Crippen LogP contribution is 2.17. The summed E-state index contributed by atoms with van der Waals surface area (Å²) in [6.07, 6.45) is -0.730. The Labute approximate surface area is 138 Å². The first-order valence-corrected chi connectivity index (χ1v) is 7.35. The molecule has 0 aliphatic carbocycles. The number of tetrazole rings is 1. The third kappa shape index (κ3) is 4.96. The van der Waals surface area contributed by atoms with E-state index in [9.17, 15) is 15.2 Å². The molecular weight excluding hydrogens is 316 g/mol. The molecule has 2 aromatic rings. The number of nitro benzene ring substituents is 1. The van der Waals surface area contributed by atoms with E-state index in [4.69, 9.17) is 4.74 Å². The van der Waals surface area contributed by atoms with E-state index in [1.54, 1.807) is 0 Å². The van der Waals surface area contributed by atoms with Crippen LogP contribution in [0.5, 0.6) is 6.01 Å². The maximum absolute atomic E-state index is 10.7. The van der Waals surface area contributed by atoms with Crippen LogP contribution in [0.2, 0.25) is 0 Å². The normalized spacial score (nSPS) is 12.8. The van der Waals surface area contributed by atoms with Crippen molar-refractivity contribution < 1.29 is 14.8 Å². The number of ether oxygens (including phenoxy) is 1. The molecule has 2 rings (SSSR count). The Morgan fingerprint density at radius 3 is 2.62 bits per heavy atom. The highest BCUT2D eigenvalue weighted by atomic mass is 16.6. The van der Waals surface area contributed by atoms with Gasteiger partial charge in [-0.05, 0) is 43.3 Å². The number of benzene rings is 1. The molecule has 0 amide bonds. The number of nitrogens with zero attached hydrogens (tertiary/aromatic N) is 5. The molecular formula is C14H20N6O4. The fourth-order valence-electron chi connectivity index (χ4n) is 1.80. The molecule has 0 aliphatic heterocycles. The Balaban J connectivity index is 1.99. The molecule has 0 saturated heterocycles. The van der Waals surface area contributed by atoms with Gasteiger partial charge in [-0.15, -0.1) is 0 Å². The van der Waals surface area contributed by atoms with Crippen molar-refractivity contribution in [2.24, 2.45) is 0 Å². The Hall–Kier alpha value is -2.59. The topological polar surface area (TPSA) is 128 Å². The summed E-state index contributed by atoms with van der Waals surface area (Å²) in [6, 6.07) is 5.82. The molecule has 24 heavy (non-hydrogen) atoms. The summed E-state index contributed by atoms with van der Waals surface area (Å²) < 4.78 is 6.74. The second kappa shape index (κ2) is 7.32. The van der Waals surface area contributed by atoms with Crippen LogP contribution in [0.25, 0.3) is 5.69 Å². The van der Waals surface area contributed by atoms with Gasteiger partial charge in [0.25, 0.3) is 5.69 Å². The van der Waals surface area contributed by atoms with Gasteiger partial charge in [-0.1, -0.05) is 5.10 Å². The van der Waals surface area contributed by atoms with E-state index < -0.39 is 11.0 Å². The van der Waals surface area contributed by atoms with Crippen LogP contribution < -0.4 is 10.1 Å². The molecule has 1 unspecified atom stereocenters. The number of aliphatic hydroxyl groups excluding tert-OH is 1. The predicted octanol–water partition coefficient (Wildman–Crippen LogP) is 0.698. The molecule has 0 bridgehead atoms. The number of hydrogen-bond donors (Lipinski definition) is 2. The van der Waals surface area contributed by atoms with Crippen molar-refractivity contribution in [3.63, 3.8) is 0 Å². The Morgan fingerprint density at radius 1 is 1.38 bits per heavy atom. The number of nitrogens with one attached hydrogen (secondary N) is 1. The van der Waals surface area contributed by atoms with E-state index in [0.29, 0.717) is 12.2 Å². The van der Waals surface area contributed by atoms with Gasteiger partial charge in [0, 0.05) is 24.2 Å². The molecule has 1 aromatic heterocycles. The molecule has 0 spiro atoms. The Morgan fingerprint density at radius 2 is 2.04 bits per heavy atom. The van der Waals surface area contributed by atoms with Gasteiger partial charge >= 0.3 is 6.01 Å². The summed E-state index contributed by atoms with van der Waals surface area (Å²) in [6.45, 7) is 6.36. The maximum Gasteiger partial charge on any atom is 0.340 e. The first kappa shape index (κ1) is 17.8. The number of rotatable bonds is 7. The molecule has 1 heterocycles. The lowest BCUT2D eigenvalue weighted by atomic mass is 10.1. The molecule has 10 heteroatoms. The summed E-state index contributed by atoms with van der Waals surface area (Å²) >= 11 is 0. The fourth-order valence-corrected chi connectivity index (χ4v) is 1.80. The molecule has 130 valence electrons. The SMILES string of the molecule is CC(C)(C)NCC(O)COc1nnnn1-c1ccc([N+](=O)[O-])cc1. The van der Waals surface area contributed by atoms with Gasteiger partial charge in [-0.25, -0.2) is 0 Å². The molecule has 0 radical (unpaired) electrons. The van der Waals surface area contributed by atoms with Gasteiger partial charge in [0.1, 0.15) is 12.7 Å². The van der Waals surface area contributed by atoms with Crippen LogP contribution in [0.4, 0.5) is 5.69 Å². The van der Waals surface area contributed by atoms with E-state index in [2.05, 4.69) is 20.8 Å². The van der Waals surface area contributed by atoms with Gasteiger partial charge in [0.05, 0.1) is 10.6 Å². The van der Waals surface area contributed by atoms with Crippen molar-refractivity contribution in [1.82, 2.24) is 25.5 Å². The minimum absolute atomic E-state index is 0.0104. The van der Waals surface area contributed by atoms with Gasteiger partial charge < -0.3 is 15.2 Å². The highest BCUT2D eigenvalue weighted by molar-refractivity contribution is 5.40. The molecule has 0 aliphatic rings. The van der Waals surface area contributed by atoms with Crippen molar-refractivity contribution >= 4 is 5.69 Å². The summed E-state index contributed by atoms with van der Waals surface area (Å²) in [5.74, 6) is 0. The fraction of sp³-hybridized carbons (Fsp3) is 0.500. The summed E-state index contributed by atoms with van der Waals surface area (Å²) in [5.41, 5.74) is 0.377. The quantitative estimate of drug-likeness (QED) is 0.558. The van der Waals surface area contributed by atoms with Crippen molar-refractivity contribution in [3.05, 3.63) is 34.4 Å². The number of aliphatic hydroxyl groups is 1. The molecule has 0 saturated carbocycles. The van der Waals surface area contributed by atoms with Crippen LogP contribution in [0.1, 0.15) is 20.8 Å². The second-order valence-electron chi connectivity index (χ2n) is 6.24. The molecule has 10 nitrogen and oxygen atoms in total. The largest absolute Gasteiger partial charge is 0.459 e. The van der Waals surface area contributed by atoms with Gasteiger partial charge in [0.2, 0.25) is 0 Å². The smallest absolute Gasteiger partial charge is 0.340 e. The molecule has 0 fully saturated rings. The van der Waals surface area contributed by atoms with E-state index in [-0.39, 0.29) is 23.8 Å². The first-order chi connectivity index (χ1) is 11.3. The van der Waals surface area contributed by atoms with Gasteiger partial charge in [0.15, 0.2) is 0 Å². The standard InChI is InChI=1S/C14H20N6O4/c1-14(2,3)15-8-12(21)9-24-13-16-17-18-19(13)10-4-6-11(7-5-10)20(22)23/h4-7,12,15,21H,8-9H2,1-3H3. The second-order valence-corrected chi connectivity index (χ2v) is 6.24. The number of non-ortho nitro benzene ring substituents is 1. The lowest BCUT2D eigenvalue weighted by Crippen LogP contribution is -2.42. The molecule has 1 atom stereocenters. The van der Waals surface area contributed by atoms with Crippen LogP contribution in [0, 0.1) is 10.1 Å². The molecule has 1 aromatic carbocycles. The first-order valence-electron chi connectivity index (χ1n) is 7.35. The highest BCUT2D eigenvalue weighted by Gasteiger charge is 2.16. The van der Waals surface area contributed by atoms with Crippen molar-refractivity contribution in [2.75, 3.05) is 13.2 Å². The predicted molar refractivity (Wildman–Crippen MR) is 85.1 cm³/mol. The van der Waals surface area contributed by atoms with Crippen molar-refractivity contribution in [3.8, 4) is 11.7 Å². The van der Waals surface area contributed by atoms with Crippen LogP contribution in [0.3, 0.4) is 0 Å².